The zero-order valence-corrected chi connectivity index (χ0v) is 11.1. The van der Waals surface area contributed by atoms with Crippen LogP contribution in [0, 0.1) is 0 Å². The summed E-state index contributed by atoms with van der Waals surface area (Å²) in [5, 5.41) is 7.54. The Morgan fingerprint density at radius 1 is 1.44 bits per heavy atom. The molecule has 0 fully saturated rings. The number of rotatable bonds is 5. The Morgan fingerprint density at radius 3 is 2.89 bits per heavy atom. The summed E-state index contributed by atoms with van der Waals surface area (Å²) in [5.41, 5.74) is 7.17. The van der Waals surface area contributed by atoms with Crippen LogP contribution in [0.5, 0.6) is 5.75 Å². The van der Waals surface area contributed by atoms with Gasteiger partial charge in [0.15, 0.2) is 5.16 Å². The summed E-state index contributed by atoms with van der Waals surface area (Å²) < 4.78 is 5.23. The summed E-state index contributed by atoms with van der Waals surface area (Å²) in [7, 11) is 1.66. The lowest BCUT2D eigenvalue weighted by atomic mass is 10.1. The number of hydrogen-bond donors (Lipinski definition) is 2. The monoisotopic (exact) mass is 264 g/mol. The summed E-state index contributed by atoms with van der Waals surface area (Å²) in [6.07, 6.45) is 1.49. The van der Waals surface area contributed by atoms with Gasteiger partial charge in [0.25, 0.3) is 0 Å². The Hall–Kier alpha value is -1.53. The van der Waals surface area contributed by atoms with Gasteiger partial charge in [-0.25, -0.2) is 4.98 Å². The van der Waals surface area contributed by atoms with Crippen LogP contribution in [-0.4, -0.2) is 28.3 Å². The second-order valence-electron chi connectivity index (χ2n) is 3.96. The summed E-state index contributed by atoms with van der Waals surface area (Å²) >= 11 is 1.57. The standard InChI is InChI=1S/C12H16N4OS/c1-8(13)11(18-12-14-7-15-16-12)9-4-3-5-10(6-9)17-2/h3-8,11H,13H2,1-2H3,(H,14,15,16). The lowest BCUT2D eigenvalue weighted by molar-refractivity contribution is 0.414. The molecule has 2 aromatic rings. The summed E-state index contributed by atoms with van der Waals surface area (Å²) in [4.78, 5) is 4.12. The van der Waals surface area contributed by atoms with E-state index in [0.29, 0.717) is 0 Å². The number of benzene rings is 1. The Balaban J connectivity index is 2.23. The van der Waals surface area contributed by atoms with Gasteiger partial charge >= 0.3 is 0 Å². The van der Waals surface area contributed by atoms with Crippen molar-refractivity contribution >= 4 is 11.8 Å². The first-order chi connectivity index (χ1) is 8.70. The smallest absolute Gasteiger partial charge is 0.184 e. The lowest BCUT2D eigenvalue weighted by Crippen LogP contribution is -2.22. The number of nitrogens with zero attached hydrogens (tertiary/aromatic N) is 2. The largest absolute Gasteiger partial charge is 0.497 e. The number of nitrogens with one attached hydrogen (secondary N) is 1. The van der Waals surface area contributed by atoms with Crippen LogP contribution in [-0.2, 0) is 0 Å². The maximum absolute atomic E-state index is 6.05. The van der Waals surface area contributed by atoms with Gasteiger partial charge in [0.05, 0.1) is 12.4 Å². The number of thioether (sulfide) groups is 1. The zero-order chi connectivity index (χ0) is 13.0. The van der Waals surface area contributed by atoms with Crippen molar-refractivity contribution in [2.75, 3.05) is 7.11 Å². The van der Waals surface area contributed by atoms with Crippen LogP contribution in [0.1, 0.15) is 17.7 Å². The van der Waals surface area contributed by atoms with E-state index >= 15 is 0 Å². The molecular weight excluding hydrogens is 248 g/mol. The zero-order valence-electron chi connectivity index (χ0n) is 10.3. The van der Waals surface area contributed by atoms with E-state index in [1.165, 1.54) is 6.33 Å². The van der Waals surface area contributed by atoms with Gasteiger partial charge in [-0.3, -0.25) is 5.10 Å². The Labute approximate surface area is 110 Å². The average Bonchev–Trinajstić information content (AvgIpc) is 2.88. The highest BCUT2D eigenvalue weighted by atomic mass is 32.2. The van der Waals surface area contributed by atoms with Crippen LogP contribution in [0.2, 0.25) is 0 Å². The molecule has 6 heteroatoms. The van der Waals surface area contributed by atoms with Crippen molar-refractivity contribution in [1.82, 2.24) is 15.2 Å². The van der Waals surface area contributed by atoms with Crippen molar-refractivity contribution < 1.29 is 4.74 Å². The first-order valence-corrected chi connectivity index (χ1v) is 6.50. The van der Waals surface area contributed by atoms with E-state index in [9.17, 15) is 0 Å². The van der Waals surface area contributed by atoms with E-state index in [0.717, 1.165) is 16.5 Å². The van der Waals surface area contributed by atoms with Gasteiger partial charge in [0.1, 0.15) is 12.1 Å². The van der Waals surface area contributed by atoms with Crippen LogP contribution in [0.3, 0.4) is 0 Å². The molecule has 2 atom stereocenters. The topological polar surface area (TPSA) is 76.8 Å². The highest BCUT2D eigenvalue weighted by Crippen LogP contribution is 2.36. The molecular formula is C12H16N4OS. The molecule has 2 rings (SSSR count). The Kier molecular flexibility index (Phi) is 4.22. The molecule has 2 unspecified atom stereocenters. The molecule has 18 heavy (non-hydrogen) atoms. The fourth-order valence-corrected chi connectivity index (χ4v) is 2.62. The fourth-order valence-electron chi connectivity index (χ4n) is 1.67. The third kappa shape index (κ3) is 3.02. The maximum Gasteiger partial charge on any atom is 0.184 e. The summed E-state index contributed by atoms with van der Waals surface area (Å²) in [6, 6.07) is 7.91. The van der Waals surface area contributed by atoms with Crippen molar-refractivity contribution in [1.29, 1.82) is 0 Å². The van der Waals surface area contributed by atoms with Gasteiger partial charge in [0, 0.05) is 6.04 Å². The predicted molar refractivity (Wildman–Crippen MR) is 71.6 cm³/mol. The molecule has 1 aromatic carbocycles. The third-order valence-electron chi connectivity index (χ3n) is 2.53. The Morgan fingerprint density at radius 2 is 2.28 bits per heavy atom. The normalized spacial score (nSPS) is 14.2. The van der Waals surface area contributed by atoms with Crippen LogP contribution in [0.4, 0.5) is 0 Å². The van der Waals surface area contributed by atoms with E-state index < -0.39 is 0 Å². The fraction of sp³-hybridized carbons (Fsp3) is 0.333. The molecule has 0 bridgehead atoms. The van der Waals surface area contributed by atoms with E-state index in [2.05, 4.69) is 15.2 Å². The van der Waals surface area contributed by atoms with Crippen molar-refractivity contribution in [3.63, 3.8) is 0 Å². The quantitative estimate of drug-likeness (QED) is 0.808. The third-order valence-corrected chi connectivity index (χ3v) is 3.91. The van der Waals surface area contributed by atoms with Gasteiger partial charge in [-0.1, -0.05) is 23.9 Å². The first kappa shape index (κ1) is 12.9. The number of nitrogens with two attached hydrogens (primary N) is 1. The van der Waals surface area contributed by atoms with Gasteiger partial charge < -0.3 is 10.5 Å². The number of aromatic amines is 1. The van der Waals surface area contributed by atoms with Crippen molar-refractivity contribution in [3.05, 3.63) is 36.2 Å². The van der Waals surface area contributed by atoms with Crippen LogP contribution in [0.15, 0.2) is 35.7 Å². The second kappa shape index (κ2) is 5.88. The molecule has 0 spiro atoms. The summed E-state index contributed by atoms with van der Waals surface area (Å²) in [6.45, 7) is 1.98. The number of hydrogen-bond acceptors (Lipinski definition) is 5. The predicted octanol–water partition coefficient (Wildman–Crippen LogP) is 1.99. The number of methoxy groups -OCH3 is 1. The van der Waals surface area contributed by atoms with Gasteiger partial charge in [-0.15, -0.1) is 0 Å². The van der Waals surface area contributed by atoms with Crippen molar-refractivity contribution in [2.24, 2.45) is 5.73 Å². The number of H-pyrrole nitrogens is 1. The van der Waals surface area contributed by atoms with Gasteiger partial charge in [0.2, 0.25) is 0 Å². The molecule has 0 aliphatic heterocycles. The van der Waals surface area contributed by atoms with Crippen molar-refractivity contribution in [2.45, 2.75) is 23.4 Å². The molecule has 5 nitrogen and oxygen atoms in total. The molecule has 0 radical (unpaired) electrons. The molecule has 1 aromatic heterocycles. The Bertz CT molecular complexity index is 487. The van der Waals surface area contributed by atoms with Gasteiger partial charge in [-0.05, 0) is 24.6 Å². The number of ether oxygens (including phenoxy) is 1. The van der Waals surface area contributed by atoms with E-state index in [-0.39, 0.29) is 11.3 Å². The highest BCUT2D eigenvalue weighted by Gasteiger charge is 2.19. The molecule has 0 amide bonds. The average molecular weight is 264 g/mol. The molecule has 0 aliphatic rings. The van der Waals surface area contributed by atoms with Crippen LogP contribution < -0.4 is 10.5 Å². The van der Waals surface area contributed by atoms with E-state index in [1.807, 2.05) is 31.2 Å². The van der Waals surface area contributed by atoms with Crippen LogP contribution >= 0.6 is 11.8 Å². The lowest BCUT2D eigenvalue weighted by Gasteiger charge is -2.19. The molecule has 0 saturated carbocycles. The minimum atomic E-state index is -0.00722. The van der Waals surface area contributed by atoms with E-state index in [1.54, 1.807) is 18.9 Å². The van der Waals surface area contributed by atoms with Crippen molar-refractivity contribution in [3.8, 4) is 5.75 Å². The molecule has 0 aliphatic carbocycles. The minimum Gasteiger partial charge on any atom is -0.497 e. The second-order valence-corrected chi connectivity index (χ2v) is 5.10. The summed E-state index contributed by atoms with van der Waals surface area (Å²) in [5.74, 6) is 0.830. The first-order valence-electron chi connectivity index (χ1n) is 5.62. The highest BCUT2D eigenvalue weighted by molar-refractivity contribution is 7.99. The minimum absolute atomic E-state index is 0.00722. The maximum atomic E-state index is 6.05. The van der Waals surface area contributed by atoms with Gasteiger partial charge in [-0.2, -0.15) is 5.10 Å². The SMILES string of the molecule is COc1cccc(C(Sc2ncn[nH]2)C(C)N)c1. The molecule has 96 valence electrons. The molecule has 1 heterocycles. The molecule has 3 N–H and O–H groups in total. The van der Waals surface area contributed by atoms with Crippen LogP contribution in [0.25, 0.3) is 0 Å². The van der Waals surface area contributed by atoms with E-state index in [4.69, 9.17) is 10.5 Å². The number of aromatic nitrogens is 3. The molecule has 0 saturated heterocycles.